The lowest BCUT2D eigenvalue weighted by Crippen LogP contribution is -2.22. The van der Waals surface area contributed by atoms with Gasteiger partial charge in [0, 0.05) is 11.8 Å². The highest BCUT2D eigenvalue weighted by Gasteiger charge is 2.07. The molecule has 0 heterocycles. The summed E-state index contributed by atoms with van der Waals surface area (Å²) in [4.78, 5) is 19.8. The molecular formula is C12H18N2O6S. The first-order valence-electron chi connectivity index (χ1n) is 5.76. The predicted octanol–water partition coefficient (Wildman–Crippen LogP) is -0.0568. The summed E-state index contributed by atoms with van der Waals surface area (Å²) in [5.74, 6) is -0.105. The van der Waals surface area contributed by atoms with Gasteiger partial charge >= 0.3 is 6.09 Å². The fourth-order valence-corrected chi connectivity index (χ4v) is 1.48. The Morgan fingerprint density at radius 1 is 1.33 bits per heavy atom. The number of primary amides is 1. The van der Waals surface area contributed by atoms with Gasteiger partial charge in [-0.15, -0.1) is 0 Å². The van der Waals surface area contributed by atoms with Crippen molar-refractivity contribution in [3.8, 4) is 0 Å². The van der Waals surface area contributed by atoms with E-state index in [2.05, 4.69) is 9.47 Å². The van der Waals surface area contributed by atoms with Crippen LogP contribution in [0.1, 0.15) is 11.8 Å². The van der Waals surface area contributed by atoms with Crippen LogP contribution in [0.2, 0.25) is 0 Å². The summed E-state index contributed by atoms with van der Waals surface area (Å²) >= 11 is 0. The van der Waals surface area contributed by atoms with E-state index >= 15 is 0 Å². The minimum atomic E-state index is -2.98. The van der Waals surface area contributed by atoms with Crippen LogP contribution in [0.15, 0.2) is 30.3 Å². The average Bonchev–Trinajstić information content (AvgIpc) is 2.38. The van der Waals surface area contributed by atoms with Crippen molar-refractivity contribution < 1.29 is 27.5 Å². The lowest BCUT2D eigenvalue weighted by Gasteiger charge is -2.10. The molecule has 8 nitrogen and oxygen atoms in total. The van der Waals surface area contributed by atoms with Crippen molar-refractivity contribution >= 4 is 22.4 Å². The highest BCUT2D eigenvalue weighted by molar-refractivity contribution is 7.90. The fourth-order valence-electron chi connectivity index (χ4n) is 1.08. The predicted molar refractivity (Wildman–Crippen MR) is 75.8 cm³/mol. The van der Waals surface area contributed by atoms with Gasteiger partial charge in [0.25, 0.3) is 6.47 Å². The molecule has 1 rings (SSSR count). The lowest BCUT2D eigenvalue weighted by molar-refractivity contribution is -0.128. The van der Waals surface area contributed by atoms with E-state index in [4.69, 9.17) is 11.5 Å². The van der Waals surface area contributed by atoms with Crippen LogP contribution in [0.4, 0.5) is 4.79 Å². The Hall–Kier alpha value is -2.13. The van der Waals surface area contributed by atoms with Gasteiger partial charge < -0.3 is 15.2 Å². The molecule has 9 heteroatoms. The Morgan fingerprint density at radius 2 is 1.90 bits per heavy atom. The summed E-state index contributed by atoms with van der Waals surface area (Å²) < 4.78 is 29.3. The van der Waals surface area contributed by atoms with Gasteiger partial charge in [-0.1, -0.05) is 30.3 Å². The van der Waals surface area contributed by atoms with Gasteiger partial charge in [0.1, 0.15) is 6.61 Å². The van der Waals surface area contributed by atoms with E-state index in [9.17, 15) is 18.0 Å². The number of benzene rings is 1. The number of sulfone groups is 1. The Bertz CT molecular complexity index is 532. The molecule has 1 amide bonds. The van der Waals surface area contributed by atoms with Crippen molar-refractivity contribution in [2.75, 3.05) is 18.6 Å². The molecule has 0 saturated heterocycles. The van der Waals surface area contributed by atoms with E-state index in [1.54, 1.807) is 24.3 Å². The molecule has 0 bridgehead atoms. The maximum absolute atomic E-state index is 10.3. The Morgan fingerprint density at radius 3 is 2.33 bits per heavy atom. The SMILES string of the molecule is CS(=O)(=O)CCOC=O.NC(=O)OC(N)c1ccccc1. The van der Waals surface area contributed by atoms with E-state index in [0.29, 0.717) is 0 Å². The van der Waals surface area contributed by atoms with E-state index < -0.39 is 22.2 Å². The van der Waals surface area contributed by atoms with Gasteiger partial charge in [-0.2, -0.15) is 0 Å². The third-order valence-corrected chi connectivity index (χ3v) is 2.92. The average molecular weight is 318 g/mol. The van der Waals surface area contributed by atoms with Crippen LogP contribution < -0.4 is 11.5 Å². The molecule has 0 aliphatic carbocycles. The highest BCUT2D eigenvalue weighted by Crippen LogP contribution is 2.09. The summed E-state index contributed by atoms with van der Waals surface area (Å²) in [6, 6.07) is 8.97. The quantitative estimate of drug-likeness (QED) is 0.425. The molecule has 0 fully saturated rings. The maximum atomic E-state index is 10.3. The monoisotopic (exact) mass is 318 g/mol. The second-order valence-electron chi connectivity index (χ2n) is 3.87. The summed E-state index contributed by atoms with van der Waals surface area (Å²) in [7, 11) is -2.98. The zero-order valence-corrected chi connectivity index (χ0v) is 12.3. The largest absolute Gasteiger partial charge is 0.467 e. The van der Waals surface area contributed by atoms with Crippen LogP contribution in [0.3, 0.4) is 0 Å². The minimum absolute atomic E-state index is 0.0532. The first-order valence-corrected chi connectivity index (χ1v) is 7.82. The number of nitrogens with two attached hydrogens (primary N) is 2. The van der Waals surface area contributed by atoms with Crippen LogP contribution in [-0.4, -0.2) is 39.6 Å². The summed E-state index contributed by atoms with van der Waals surface area (Å²) in [6.45, 7) is 0.174. The molecule has 0 radical (unpaired) electrons. The number of ether oxygens (including phenoxy) is 2. The number of carbonyl (C=O) groups is 2. The lowest BCUT2D eigenvalue weighted by atomic mass is 10.2. The molecule has 4 N–H and O–H groups in total. The van der Waals surface area contributed by atoms with Crippen LogP contribution in [-0.2, 0) is 24.1 Å². The van der Waals surface area contributed by atoms with E-state index in [0.717, 1.165) is 11.8 Å². The number of carbonyl (C=O) groups excluding carboxylic acids is 2. The smallest absolute Gasteiger partial charge is 0.406 e. The van der Waals surface area contributed by atoms with E-state index in [-0.39, 0.29) is 18.8 Å². The first-order chi connectivity index (χ1) is 9.76. The van der Waals surface area contributed by atoms with Crippen LogP contribution in [0, 0.1) is 0 Å². The summed E-state index contributed by atoms with van der Waals surface area (Å²) in [5, 5.41) is 0. The Balaban J connectivity index is 0.000000400. The highest BCUT2D eigenvalue weighted by atomic mass is 32.2. The molecule has 0 aromatic heterocycles. The normalized spacial score (nSPS) is 11.5. The van der Waals surface area contributed by atoms with Crippen molar-refractivity contribution in [3.05, 3.63) is 35.9 Å². The Labute approximate surface area is 122 Å². The molecule has 1 aromatic carbocycles. The van der Waals surface area contributed by atoms with Gasteiger partial charge in [-0.25, -0.2) is 13.2 Å². The van der Waals surface area contributed by atoms with Crippen molar-refractivity contribution in [3.63, 3.8) is 0 Å². The number of hydrogen-bond donors (Lipinski definition) is 2. The van der Waals surface area contributed by atoms with Crippen molar-refractivity contribution in [2.45, 2.75) is 6.23 Å². The van der Waals surface area contributed by atoms with Crippen molar-refractivity contribution in [1.29, 1.82) is 0 Å². The molecule has 1 aromatic rings. The summed E-state index contributed by atoms with van der Waals surface area (Å²) in [5.41, 5.74) is 11.0. The number of hydrogen-bond acceptors (Lipinski definition) is 7. The third-order valence-electron chi connectivity index (χ3n) is 2.01. The fraction of sp³-hybridized carbons (Fsp3) is 0.333. The van der Waals surface area contributed by atoms with E-state index in [1.165, 1.54) is 0 Å². The minimum Gasteiger partial charge on any atom is -0.467 e. The van der Waals surface area contributed by atoms with Crippen LogP contribution in [0.25, 0.3) is 0 Å². The van der Waals surface area contributed by atoms with Crippen LogP contribution >= 0.6 is 0 Å². The molecule has 21 heavy (non-hydrogen) atoms. The standard InChI is InChI=1S/C8H10N2O2.C4H8O4S/c9-7(12-8(10)11)6-4-2-1-3-5-6;1-9(6,7)3-2-8-4-5/h1-5,7H,9H2,(H2,10,11);4H,2-3H2,1H3. The molecule has 0 aliphatic heterocycles. The van der Waals surface area contributed by atoms with Gasteiger partial charge in [-0.3, -0.25) is 10.5 Å². The summed E-state index contributed by atoms with van der Waals surface area (Å²) in [6.07, 6.45) is -0.559. The van der Waals surface area contributed by atoms with E-state index in [1.807, 2.05) is 6.07 Å². The molecule has 0 saturated carbocycles. The van der Waals surface area contributed by atoms with Crippen molar-refractivity contribution in [2.24, 2.45) is 11.5 Å². The molecule has 1 atom stereocenters. The second kappa shape index (κ2) is 9.72. The topological polar surface area (TPSA) is 139 Å². The molecular weight excluding hydrogens is 300 g/mol. The number of amides is 1. The zero-order chi connectivity index (χ0) is 16.3. The van der Waals surface area contributed by atoms with Crippen LogP contribution in [0.5, 0.6) is 0 Å². The zero-order valence-electron chi connectivity index (χ0n) is 11.5. The molecule has 0 spiro atoms. The second-order valence-corrected chi connectivity index (χ2v) is 6.12. The molecule has 1 unspecified atom stereocenters. The maximum Gasteiger partial charge on any atom is 0.406 e. The van der Waals surface area contributed by atoms with Gasteiger partial charge in [0.2, 0.25) is 0 Å². The third kappa shape index (κ3) is 11.4. The van der Waals surface area contributed by atoms with Crippen molar-refractivity contribution in [1.82, 2.24) is 0 Å². The van der Waals surface area contributed by atoms with Gasteiger partial charge in [0.15, 0.2) is 16.1 Å². The molecule has 118 valence electrons. The first kappa shape index (κ1) is 18.9. The van der Waals surface area contributed by atoms with Gasteiger partial charge in [0.05, 0.1) is 5.75 Å². The number of rotatable bonds is 6. The molecule has 0 aliphatic rings. The Kier molecular flexibility index (Phi) is 8.74. The van der Waals surface area contributed by atoms with Gasteiger partial charge in [-0.05, 0) is 0 Å².